The van der Waals surface area contributed by atoms with Crippen LogP contribution in [0.15, 0.2) is 22.7 Å². The minimum atomic E-state index is -0.296. The van der Waals surface area contributed by atoms with Crippen LogP contribution in [0.1, 0.15) is 0 Å². The molecule has 0 fully saturated rings. The van der Waals surface area contributed by atoms with Gasteiger partial charge in [0.05, 0.1) is 4.47 Å². The van der Waals surface area contributed by atoms with Crippen molar-refractivity contribution in [3.63, 3.8) is 0 Å². The second kappa shape index (κ2) is 6.18. The van der Waals surface area contributed by atoms with Gasteiger partial charge in [0.1, 0.15) is 18.2 Å². The lowest BCUT2D eigenvalue weighted by Gasteiger charge is -2.04. The molecular weight excluding hydrogens is 260 g/mol. The molecular formula is C8H10BrClFNO. The molecule has 13 heavy (non-hydrogen) atoms. The summed E-state index contributed by atoms with van der Waals surface area (Å²) in [5, 5.41) is 0. The zero-order chi connectivity index (χ0) is 8.97. The fourth-order valence-electron chi connectivity index (χ4n) is 0.743. The van der Waals surface area contributed by atoms with Gasteiger partial charge in [-0.25, -0.2) is 4.39 Å². The molecule has 2 nitrogen and oxygen atoms in total. The van der Waals surface area contributed by atoms with Gasteiger partial charge in [0, 0.05) is 6.54 Å². The van der Waals surface area contributed by atoms with Crippen LogP contribution >= 0.6 is 28.3 Å². The van der Waals surface area contributed by atoms with Gasteiger partial charge in [0.2, 0.25) is 0 Å². The van der Waals surface area contributed by atoms with Gasteiger partial charge >= 0.3 is 0 Å². The fraction of sp³-hybridized carbons (Fsp3) is 0.250. The van der Waals surface area contributed by atoms with E-state index in [1.807, 2.05) is 0 Å². The average Bonchev–Trinajstić information content (AvgIpc) is 2.07. The Kier molecular flexibility index (Phi) is 6.03. The predicted octanol–water partition coefficient (Wildman–Crippen LogP) is 2.35. The molecule has 0 aliphatic heterocycles. The van der Waals surface area contributed by atoms with Crippen molar-refractivity contribution < 1.29 is 9.13 Å². The summed E-state index contributed by atoms with van der Waals surface area (Å²) in [6, 6.07) is 4.48. The number of halogens is 3. The summed E-state index contributed by atoms with van der Waals surface area (Å²) in [5.74, 6) is 0.323. The summed E-state index contributed by atoms with van der Waals surface area (Å²) < 4.78 is 18.3. The Hall–Kier alpha value is -0.320. The molecule has 1 rings (SSSR count). The molecule has 0 amide bonds. The van der Waals surface area contributed by atoms with Crippen LogP contribution in [0.2, 0.25) is 0 Å². The lowest BCUT2D eigenvalue weighted by atomic mass is 10.3. The van der Waals surface area contributed by atoms with E-state index in [0.717, 1.165) is 0 Å². The average molecular weight is 271 g/mol. The molecule has 74 valence electrons. The minimum Gasteiger partial charge on any atom is -0.492 e. The van der Waals surface area contributed by atoms with Gasteiger partial charge < -0.3 is 10.5 Å². The molecule has 0 aromatic heterocycles. The maximum absolute atomic E-state index is 12.7. The van der Waals surface area contributed by atoms with Crippen molar-refractivity contribution in [2.75, 3.05) is 13.2 Å². The summed E-state index contributed by atoms with van der Waals surface area (Å²) in [6.45, 7) is 0.896. The first-order valence-electron chi connectivity index (χ1n) is 3.52. The van der Waals surface area contributed by atoms with Crippen LogP contribution in [0, 0.1) is 5.82 Å². The highest BCUT2D eigenvalue weighted by atomic mass is 79.9. The Morgan fingerprint density at radius 2 is 2.15 bits per heavy atom. The van der Waals surface area contributed by atoms with Gasteiger partial charge in [0.25, 0.3) is 0 Å². The smallest absolute Gasteiger partial charge is 0.137 e. The Labute approximate surface area is 90.8 Å². The molecule has 0 aliphatic carbocycles. The SMILES string of the molecule is Cl.NCCOc1ccc(F)c(Br)c1. The highest BCUT2D eigenvalue weighted by molar-refractivity contribution is 9.10. The van der Waals surface area contributed by atoms with Crippen LogP contribution < -0.4 is 10.5 Å². The van der Waals surface area contributed by atoms with Gasteiger partial charge in [-0.05, 0) is 34.1 Å². The summed E-state index contributed by atoms with van der Waals surface area (Å²) >= 11 is 3.05. The zero-order valence-corrected chi connectivity index (χ0v) is 9.20. The van der Waals surface area contributed by atoms with Gasteiger partial charge in [0.15, 0.2) is 0 Å². The minimum absolute atomic E-state index is 0. The molecule has 1 aromatic carbocycles. The summed E-state index contributed by atoms with van der Waals surface area (Å²) in [5.41, 5.74) is 5.23. The number of hydrogen-bond donors (Lipinski definition) is 1. The molecule has 0 heterocycles. The molecule has 0 unspecified atom stereocenters. The van der Waals surface area contributed by atoms with Crippen molar-refractivity contribution in [3.8, 4) is 5.75 Å². The maximum Gasteiger partial charge on any atom is 0.137 e. The monoisotopic (exact) mass is 269 g/mol. The number of ether oxygens (including phenoxy) is 1. The van der Waals surface area contributed by atoms with Crippen molar-refractivity contribution in [2.24, 2.45) is 5.73 Å². The van der Waals surface area contributed by atoms with Crippen LogP contribution in [-0.2, 0) is 0 Å². The van der Waals surface area contributed by atoms with E-state index in [-0.39, 0.29) is 18.2 Å². The van der Waals surface area contributed by atoms with E-state index >= 15 is 0 Å². The molecule has 0 radical (unpaired) electrons. The number of nitrogens with two attached hydrogens (primary N) is 1. The Morgan fingerprint density at radius 3 is 2.69 bits per heavy atom. The second-order valence-electron chi connectivity index (χ2n) is 2.21. The van der Waals surface area contributed by atoms with Crippen molar-refractivity contribution >= 4 is 28.3 Å². The molecule has 0 saturated carbocycles. The first-order valence-corrected chi connectivity index (χ1v) is 4.31. The lowest BCUT2D eigenvalue weighted by Crippen LogP contribution is -2.10. The zero-order valence-electron chi connectivity index (χ0n) is 6.80. The summed E-state index contributed by atoms with van der Waals surface area (Å²) in [7, 11) is 0. The molecule has 2 N–H and O–H groups in total. The van der Waals surface area contributed by atoms with E-state index in [0.29, 0.717) is 23.4 Å². The highest BCUT2D eigenvalue weighted by Gasteiger charge is 1.99. The van der Waals surface area contributed by atoms with Crippen molar-refractivity contribution in [1.29, 1.82) is 0 Å². The maximum atomic E-state index is 12.7. The Morgan fingerprint density at radius 1 is 1.46 bits per heavy atom. The predicted molar refractivity (Wildman–Crippen MR) is 55.9 cm³/mol. The third kappa shape index (κ3) is 3.93. The topological polar surface area (TPSA) is 35.2 Å². The standard InChI is InChI=1S/C8H9BrFNO.ClH/c9-7-5-6(12-4-3-11)1-2-8(7)10;/h1-2,5H,3-4,11H2;1H. The van der Waals surface area contributed by atoms with Crippen LogP contribution in [0.5, 0.6) is 5.75 Å². The Balaban J connectivity index is 0.00000144. The molecule has 5 heteroatoms. The molecule has 0 aliphatic rings. The van der Waals surface area contributed by atoms with Crippen LogP contribution in [0.3, 0.4) is 0 Å². The van der Waals surface area contributed by atoms with Crippen LogP contribution in [-0.4, -0.2) is 13.2 Å². The third-order valence-corrected chi connectivity index (χ3v) is 1.89. The normalized spacial score (nSPS) is 9.15. The van der Waals surface area contributed by atoms with Gasteiger partial charge in [-0.1, -0.05) is 0 Å². The third-order valence-electron chi connectivity index (χ3n) is 1.28. The molecule has 0 spiro atoms. The molecule has 1 aromatic rings. The highest BCUT2D eigenvalue weighted by Crippen LogP contribution is 2.21. The van der Waals surface area contributed by atoms with Crippen molar-refractivity contribution in [1.82, 2.24) is 0 Å². The first-order chi connectivity index (χ1) is 5.74. The summed E-state index contributed by atoms with van der Waals surface area (Å²) in [6.07, 6.45) is 0. The number of rotatable bonds is 3. The van der Waals surface area contributed by atoms with E-state index in [1.54, 1.807) is 12.1 Å². The van der Waals surface area contributed by atoms with Gasteiger partial charge in [-0.2, -0.15) is 0 Å². The number of benzene rings is 1. The van der Waals surface area contributed by atoms with Crippen molar-refractivity contribution in [2.45, 2.75) is 0 Å². The van der Waals surface area contributed by atoms with Crippen molar-refractivity contribution in [3.05, 3.63) is 28.5 Å². The van der Waals surface area contributed by atoms with Gasteiger partial charge in [-0.15, -0.1) is 12.4 Å². The fourth-order valence-corrected chi connectivity index (χ4v) is 1.10. The second-order valence-corrected chi connectivity index (χ2v) is 3.07. The molecule has 0 bridgehead atoms. The van der Waals surface area contributed by atoms with E-state index in [9.17, 15) is 4.39 Å². The van der Waals surface area contributed by atoms with Gasteiger partial charge in [-0.3, -0.25) is 0 Å². The molecule has 0 saturated heterocycles. The largest absolute Gasteiger partial charge is 0.492 e. The van der Waals surface area contributed by atoms with Crippen LogP contribution in [0.4, 0.5) is 4.39 Å². The first kappa shape index (κ1) is 12.7. The van der Waals surface area contributed by atoms with E-state index in [2.05, 4.69) is 15.9 Å². The number of hydrogen-bond acceptors (Lipinski definition) is 2. The Bertz CT molecular complexity index is 272. The summed E-state index contributed by atoms with van der Waals surface area (Å²) in [4.78, 5) is 0. The van der Waals surface area contributed by atoms with E-state index < -0.39 is 0 Å². The van der Waals surface area contributed by atoms with Crippen LogP contribution in [0.25, 0.3) is 0 Å². The quantitative estimate of drug-likeness (QED) is 0.915. The lowest BCUT2D eigenvalue weighted by molar-refractivity contribution is 0.327. The molecule has 0 atom stereocenters. The van der Waals surface area contributed by atoms with E-state index in [4.69, 9.17) is 10.5 Å². The van der Waals surface area contributed by atoms with E-state index in [1.165, 1.54) is 6.07 Å².